The maximum Gasteiger partial charge on any atom is 0.373 e. The Hall–Kier alpha value is -3.86. The van der Waals surface area contributed by atoms with Crippen molar-refractivity contribution in [3.63, 3.8) is 0 Å². The van der Waals surface area contributed by atoms with Gasteiger partial charge in [-0.1, -0.05) is 0 Å². The number of morpholine rings is 1. The van der Waals surface area contributed by atoms with Crippen molar-refractivity contribution in [2.24, 2.45) is 7.05 Å². The summed E-state index contributed by atoms with van der Waals surface area (Å²) in [6, 6.07) is 7.53. The number of anilines is 1. The van der Waals surface area contributed by atoms with E-state index in [0.29, 0.717) is 23.1 Å². The normalized spacial score (nSPS) is 17.5. The third kappa shape index (κ3) is 4.30. The highest BCUT2D eigenvalue weighted by molar-refractivity contribution is 5.93. The largest absolute Gasteiger partial charge is 0.373 e. The second-order valence-electron chi connectivity index (χ2n) is 8.73. The summed E-state index contributed by atoms with van der Waals surface area (Å²) in [6.45, 7) is 2.49. The molecule has 1 aliphatic rings. The first kappa shape index (κ1) is 23.9. The van der Waals surface area contributed by atoms with Crippen LogP contribution >= 0.6 is 0 Å². The number of hydrogen-bond acceptors (Lipinski definition) is 6. The topological polar surface area (TPSA) is 73.1 Å². The van der Waals surface area contributed by atoms with E-state index in [1.165, 1.54) is 34.8 Å². The monoisotopic (exact) mass is 499 g/mol. The Morgan fingerprint density at radius 3 is 2.58 bits per heavy atom. The maximum atomic E-state index is 14.8. The summed E-state index contributed by atoms with van der Waals surface area (Å²) in [4.78, 5) is 27.3. The Labute approximate surface area is 203 Å². The van der Waals surface area contributed by atoms with E-state index in [1.807, 2.05) is 0 Å². The molecule has 4 heterocycles. The van der Waals surface area contributed by atoms with Gasteiger partial charge in [0.25, 0.3) is 5.56 Å². The number of alkyl halides is 2. The van der Waals surface area contributed by atoms with Crippen LogP contribution < -0.4 is 10.5 Å². The third-order valence-electron chi connectivity index (χ3n) is 6.15. The van der Waals surface area contributed by atoms with Gasteiger partial charge in [0, 0.05) is 30.6 Å². The lowest BCUT2D eigenvalue weighted by Crippen LogP contribution is -2.48. The van der Waals surface area contributed by atoms with Crippen LogP contribution in [-0.2, 0) is 11.8 Å². The van der Waals surface area contributed by atoms with Crippen molar-refractivity contribution in [3.8, 4) is 11.3 Å². The molecule has 0 N–H and O–H groups in total. The SMILES string of the molecule is Cc1cc([C@H]2CN(c3cc4c(=O)n(C)c(C)nc4c(-c4ccc(F)cc4F)n3)CC(F)(F)O2)ccn1. The van der Waals surface area contributed by atoms with Crippen molar-refractivity contribution in [1.82, 2.24) is 19.5 Å². The quantitative estimate of drug-likeness (QED) is 0.388. The molecule has 1 atom stereocenters. The van der Waals surface area contributed by atoms with Crippen LogP contribution in [0.25, 0.3) is 22.2 Å². The fraction of sp³-hybridized carbons (Fsp3) is 0.280. The molecule has 7 nitrogen and oxygen atoms in total. The molecule has 1 saturated heterocycles. The average Bonchev–Trinajstić information content (AvgIpc) is 2.81. The van der Waals surface area contributed by atoms with Crippen molar-refractivity contribution in [1.29, 1.82) is 0 Å². The molecule has 11 heteroatoms. The van der Waals surface area contributed by atoms with Crippen molar-refractivity contribution in [3.05, 3.63) is 81.7 Å². The van der Waals surface area contributed by atoms with Gasteiger partial charge in [-0.15, -0.1) is 0 Å². The number of rotatable bonds is 3. The fourth-order valence-electron chi connectivity index (χ4n) is 4.28. The number of benzene rings is 1. The van der Waals surface area contributed by atoms with Crippen LogP contribution in [0.2, 0.25) is 0 Å². The molecule has 4 aromatic rings. The van der Waals surface area contributed by atoms with Crippen molar-refractivity contribution < 1.29 is 22.3 Å². The van der Waals surface area contributed by atoms with Crippen LogP contribution in [0.5, 0.6) is 0 Å². The van der Waals surface area contributed by atoms with E-state index in [-0.39, 0.29) is 34.5 Å². The van der Waals surface area contributed by atoms with Gasteiger partial charge < -0.3 is 9.64 Å². The molecular weight excluding hydrogens is 478 g/mol. The van der Waals surface area contributed by atoms with Crippen LogP contribution in [0, 0.1) is 25.5 Å². The third-order valence-corrected chi connectivity index (χ3v) is 6.15. The summed E-state index contributed by atoms with van der Waals surface area (Å²) in [7, 11) is 1.52. The molecule has 186 valence electrons. The molecule has 0 saturated carbocycles. The van der Waals surface area contributed by atoms with Gasteiger partial charge in [-0.2, -0.15) is 8.78 Å². The molecule has 3 aromatic heterocycles. The minimum atomic E-state index is -3.53. The summed E-state index contributed by atoms with van der Waals surface area (Å²) in [6.07, 6.45) is -3.04. The number of aryl methyl sites for hydroxylation is 2. The van der Waals surface area contributed by atoms with Gasteiger partial charge in [0.2, 0.25) is 0 Å². The molecule has 0 bridgehead atoms. The molecule has 1 aliphatic heterocycles. The van der Waals surface area contributed by atoms with E-state index < -0.39 is 36.0 Å². The van der Waals surface area contributed by atoms with E-state index in [4.69, 9.17) is 4.74 Å². The number of ether oxygens (including phenoxy) is 1. The Balaban J connectivity index is 1.70. The first-order valence-electron chi connectivity index (χ1n) is 11.1. The Morgan fingerprint density at radius 1 is 1.08 bits per heavy atom. The van der Waals surface area contributed by atoms with Gasteiger partial charge in [0.05, 0.1) is 11.9 Å². The van der Waals surface area contributed by atoms with Crippen LogP contribution in [0.3, 0.4) is 0 Å². The molecule has 5 rings (SSSR count). The highest BCUT2D eigenvalue weighted by Crippen LogP contribution is 2.37. The number of pyridine rings is 2. The number of hydrogen-bond donors (Lipinski definition) is 0. The zero-order chi connectivity index (χ0) is 25.8. The molecule has 0 aliphatic carbocycles. The lowest BCUT2D eigenvalue weighted by atomic mass is 10.1. The highest BCUT2D eigenvalue weighted by Gasteiger charge is 2.43. The summed E-state index contributed by atoms with van der Waals surface area (Å²) >= 11 is 0. The van der Waals surface area contributed by atoms with Crippen molar-refractivity contribution >= 4 is 16.7 Å². The van der Waals surface area contributed by atoms with Crippen LogP contribution in [0.1, 0.15) is 23.2 Å². The lowest BCUT2D eigenvalue weighted by Gasteiger charge is -2.38. The van der Waals surface area contributed by atoms with E-state index in [2.05, 4.69) is 15.0 Å². The first-order chi connectivity index (χ1) is 17.0. The molecule has 1 aromatic carbocycles. The van der Waals surface area contributed by atoms with Crippen LogP contribution in [0.15, 0.2) is 47.4 Å². The van der Waals surface area contributed by atoms with Gasteiger partial charge in [-0.25, -0.2) is 18.7 Å². The van der Waals surface area contributed by atoms with E-state index in [9.17, 15) is 22.4 Å². The molecule has 36 heavy (non-hydrogen) atoms. The van der Waals surface area contributed by atoms with E-state index in [0.717, 1.165) is 6.07 Å². The number of aromatic nitrogens is 4. The first-order valence-corrected chi connectivity index (χ1v) is 11.1. The predicted molar refractivity (Wildman–Crippen MR) is 125 cm³/mol. The number of fused-ring (bicyclic) bond motifs is 1. The average molecular weight is 499 g/mol. The lowest BCUT2D eigenvalue weighted by molar-refractivity contribution is -0.269. The van der Waals surface area contributed by atoms with Crippen molar-refractivity contribution in [2.75, 3.05) is 18.0 Å². The summed E-state index contributed by atoms with van der Waals surface area (Å²) < 4.78 is 64.2. The highest BCUT2D eigenvalue weighted by atomic mass is 19.3. The zero-order valence-corrected chi connectivity index (χ0v) is 19.6. The second kappa shape index (κ2) is 8.66. The minimum Gasteiger partial charge on any atom is -0.345 e. The molecule has 0 unspecified atom stereocenters. The van der Waals surface area contributed by atoms with Crippen LogP contribution in [-0.4, -0.2) is 38.7 Å². The smallest absolute Gasteiger partial charge is 0.345 e. The van der Waals surface area contributed by atoms with Gasteiger partial charge >= 0.3 is 6.11 Å². The molecular formula is C25H21F4N5O2. The van der Waals surface area contributed by atoms with E-state index >= 15 is 0 Å². The van der Waals surface area contributed by atoms with Crippen molar-refractivity contribution in [2.45, 2.75) is 26.1 Å². The maximum absolute atomic E-state index is 14.8. The summed E-state index contributed by atoms with van der Waals surface area (Å²) in [5, 5.41) is 0.0675. The zero-order valence-electron chi connectivity index (χ0n) is 19.6. The van der Waals surface area contributed by atoms with Gasteiger partial charge in [0.15, 0.2) is 0 Å². The Kier molecular flexibility index (Phi) is 5.74. The van der Waals surface area contributed by atoms with Gasteiger partial charge in [-0.05, 0) is 49.7 Å². The van der Waals surface area contributed by atoms with E-state index in [1.54, 1.807) is 26.0 Å². The number of nitrogens with zero attached hydrogens (tertiary/aromatic N) is 5. The molecule has 0 radical (unpaired) electrons. The minimum absolute atomic E-state index is 0.0114. The summed E-state index contributed by atoms with van der Waals surface area (Å²) in [5.74, 6) is -1.35. The molecule has 0 amide bonds. The van der Waals surface area contributed by atoms with Crippen LogP contribution in [0.4, 0.5) is 23.4 Å². The second-order valence-corrected chi connectivity index (χ2v) is 8.73. The predicted octanol–water partition coefficient (Wildman–Crippen LogP) is 4.46. The summed E-state index contributed by atoms with van der Waals surface area (Å²) in [5.41, 5.74) is 0.624. The Morgan fingerprint density at radius 2 is 1.86 bits per heavy atom. The fourth-order valence-corrected chi connectivity index (χ4v) is 4.28. The molecule has 1 fully saturated rings. The van der Waals surface area contributed by atoms with Gasteiger partial charge in [0.1, 0.15) is 47.1 Å². The Bertz CT molecular complexity index is 1560. The van der Waals surface area contributed by atoms with Gasteiger partial charge in [-0.3, -0.25) is 14.3 Å². The molecule has 0 spiro atoms. The number of halogens is 4. The standard InChI is InChI=1S/C25H21F4N5O2/c1-13-8-15(6-7-30-13)20-11-34(12-25(28,29)36-20)21-10-18-23(31-14(2)33(3)24(18)35)22(32-21)17-5-4-16(26)9-19(17)27/h4-10,20H,11-12H2,1-3H3/t20-/m1/s1.